The van der Waals surface area contributed by atoms with Gasteiger partial charge in [0, 0.05) is 0 Å². The van der Waals surface area contributed by atoms with Crippen LogP contribution in [-0.4, -0.2) is 26.3 Å². The summed E-state index contributed by atoms with van der Waals surface area (Å²) >= 11 is 3.27. The highest BCUT2D eigenvalue weighted by molar-refractivity contribution is 9.11. The Morgan fingerprint density at radius 3 is 3.00 bits per heavy atom. The number of hydrogen-bond donors (Lipinski definition) is 0. The van der Waals surface area contributed by atoms with Crippen LogP contribution in [0.15, 0.2) is 10.6 Å². The van der Waals surface area contributed by atoms with Crippen LogP contribution in [0.4, 0.5) is 0 Å². The summed E-state index contributed by atoms with van der Waals surface area (Å²) in [6.45, 7) is 3.00. The van der Waals surface area contributed by atoms with Crippen molar-refractivity contribution < 1.29 is 14.3 Å². The van der Waals surface area contributed by atoms with E-state index in [2.05, 4.69) is 22.9 Å². The molecule has 0 aromatic carbocycles. The van der Waals surface area contributed by atoms with Gasteiger partial charge in [-0.3, -0.25) is 4.79 Å². The maximum atomic E-state index is 11.7. The molecular weight excluding hydrogens is 248 g/mol. The first kappa shape index (κ1) is 11.7. The highest BCUT2D eigenvalue weighted by Crippen LogP contribution is 2.40. The van der Waals surface area contributed by atoms with Crippen molar-refractivity contribution in [2.24, 2.45) is 5.41 Å². The van der Waals surface area contributed by atoms with Gasteiger partial charge in [0.25, 0.3) is 0 Å². The van der Waals surface area contributed by atoms with Gasteiger partial charge < -0.3 is 9.47 Å². The normalized spacial score (nSPS) is 29.5. The predicted octanol–water partition coefficient (Wildman–Crippen LogP) is 2.25. The lowest BCUT2D eigenvalue weighted by Crippen LogP contribution is -2.34. The van der Waals surface area contributed by atoms with Crippen molar-refractivity contribution in [2.75, 3.05) is 20.3 Å². The molecule has 4 heteroatoms. The summed E-state index contributed by atoms with van der Waals surface area (Å²) in [4.78, 5) is 13.5. The first-order valence-electron chi connectivity index (χ1n) is 4.67. The van der Waals surface area contributed by atoms with E-state index in [-0.39, 0.29) is 5.97 Å². The Labute approximate surface area is 92.6 Å². The molecule has 1 aliphatic rings. The number of halogens is 1. The summed E-state index contributed by atoms with van der Waals surface area (Å²) in [7, 11) is 1.42. The van der Waals surface area contributed by atoms with Crippen molar-refractivity contribution in [1.29, 1.82) is 0 Å². The van der Waals surface area contributed by atoms with Crippen molar-refractivity contribution >= 4 is 21.9 Å². The monoisotopic (exact) mass is 262 g/mol. The lowest BCUT2D eigenvalue weighted by atomic mass is 9.79. The minimum absolute atomic E-state index is 0.192. The Bertz CT molecular complexity index is 250. The molecule has 1 aliphatic heterocycles. The number of ether oxygens (including phenoxy) is 2. The van der Waals surface area contributed by atoms with E-state index in [0.29, 0.717) is 13.2 Å². The van der Waals surface area contributed by atoms with Crippen LogP contribution in [0.2, 0.25) is 0 Å². The van der Waals surface area contributed by atoms with Gasteiger partial charge in [-0.1, -0.05) is 29.3 Å². The molecule has 0 aliphatic carbocycles. The Hall–Kier alpha value is -0.350. The minimum atomic E-state index is -0.549. The maximum absolute atomic E-state index is 11.7. The van der Waals surface area contributed by atoms with Crippen LogP contribution in [0.5, 0.6) is 0 Å². The quantitative estimate of drug-likeness (QED) is 0.732. The molecule has 0 N–H and O–H groups in total. The zero-order valence-corrected chi connectivity index (χ0v) is 10.1. The zero-order chi connectivity index (χ0) is 10.6. The maximum Gasteiger partial charge on any atom is 0.318 e. The second-order valence-corrected chi connectivity index (χ2v) is 3.91. The van der Waals surface area contributed by atoms with Crippen LogP contribution >= 0.6 is 15.9 Å². The third-order valence-electron chi connectivity index (χ3n) is 2.61. The van der Waals surface area contributed by atoms with Gasteiger partial charge in [-0.25, -0.2) is 0 Å². The molecule has 1 atom stereocenters. The highest BCUT2D eigenvalue weighted by atomic mass is 79.9. The fourth-order valence-corrected chi connectivity index (χ4v) is 2.42. The molecule has 1 rings (SSSR count). The molecule has 0 spiro atoms. The van der Waals surface area contributed by atoms with E-state index in [1.807, 2.05) is 0 Å². The van der Waals surface area contributed by atoms with E-state index < -0.39 is 5.41 Å². The Morgan fingerprint density at radius 1 is 1.79 bits per heavy atom. The molecule has 0 aromatic rings. The number of carbonyl (C=O) groups is 1. The molecule has 0 amide bonds. The molecule has 1 saturated heterocycles. The molecule has 0 aromatic heterocycles. The van der Waals surface area contributed by atoms with Gasteiger partial charge in [-0.05, 0) is 17.0 Å². The Morgan fingerprint density at radius 2 is 2.50 bits per heavy atom. The Kier molecular flexibility index (Phi) is 4.13. The summed E-state index contributed by atoms with van der Waals surface area (Å²) in [5.74, 6) is -0.192. The standard InChI is InChI=1S/C10H15BrO3/c1-3-4-10(9(12)13-2)7-14-6-8(10)5-11/h5H,3-4,6-7H2,1-2H3/b8-5+. The van der Waals surface area contributed by atoms with Gasteiger partial charge in [0.2, 0.25) is 0 Å². The fraction of sp³-hybridized carbons (Fsp3) is 0.700. The molecule has 1 unspecified atom stereocenters. The molecular formula is C10H15BrO3. The molecule has 0 radical (unpaired) electrons. The number of hydrogen-bond acceptors (Lipinski definition) is 3. The van der Waals surface area contributed by atoms with Crippen molar-refractivity contribution in [3.63, 3.8) is 0 Å². The summed E-state index contributed by atoms with van der Waals surface area (Å²) in [5.41, 5.74) is 0.429. The summed E-state index contributed by atoms with van der Waals surface area (Å²) in [5, 5.41) is 0. The summed E-state index contributed by atoms with van der Waals surface area (Å²) < 4.78 is 10.2. The minimum Gasteiger partial charge on any atom is -0.468 e. The molecule has 0 saturated carbocycles. The lowest BCUT2D eigenvalue weighted by molar-refractivity contribution is -0.151. The second-order valence-electron chi connectivity index (χ2n) is 3.45. The SMILES string of the molecule is CCCC1(C(=O)OC)COC/C1=C\Br. The smallest absolute Gasteiger partial charge is 0.318 e. The first-order chi connectivity index (χ1) is 6.71. The topological polar surface area (TPSA) is 35.5 Å². The predicted molar refractivity (Wildman–Crippen MR) is 57.2 cm³/mol. The third kappa shape index (κ3) is 1.86. The average Bonchev–Trinajstić information content (AvgIpc) is 2.61. The van der Waals surface area contributed by atoms with Gasteiger partial charge in [-0.2, -0.15) is 0 Å². The van der Waals surface area contributed by atoms with Crippen LogP contribution in [0.3, 0.4) is 0 Å². The van der Waals surface area contributed by atoms with Crippen molar-refractivity contribution in [2.45, 2.75) is 19.8 Å². The van der Waals surface area contributed by atoms with Crippen LogP contribution in [0.1, 0.15) is 19.8 Å². The van der Waals surface area contributed by atoms with E-state index in [4.69, 9.17) is 9.47 Å². The van der Waals surface area contributed by atoms with Crippen LogP contribution in [-0.2, 0) is 14.3 Å². The van der Waals surface area contributed by atoms with Gasteiger partial charge in [0.15, 0.2) is 0 Å². The number of methoxy groups -OCH3 is 1. The Balaban J connectivity index is 2.96. The van der Waals surface area contributed by atoms with Crippen LogP contribution in [0, 0.1) is 5.41 Å². The van der Waals surface area contributed by atoms with Gasteiger partial charge >= 0.3 is 5.97 Å². The lowest BCUT2D eigenvalue weighted by Gasteiger charge is -2.25. The third-order valence-corrected chi connectivity index (χ3v) is 3.16. The van der Waals surface area contributed by atoms with Crippen LogP contribution in [0.25, 0.3) is 0 Å². The molecule has 1 heterocycles. The van der Waals surface area contributed by atoms with Gasteiger partial charge in [0.1, 0.15) is 5.41 Å². The number of carbonyl (C=O) groups excluding carboxylic acids is 1. The van der Waals surface area contributed by atoms with Crippen molar-refractivity contribution in [1.82, 2.24) is 0 Å². The fourth-order valence-electron chi connectivity index (χ4n) is 1.85. The molecule has 80 valence electrons. The van der Waals surface area contributed by atoms with Gasteiger partial charge in [0.05, 0.1) is 20.3 Å². The van der Waals surface area contributed by atoms with E-state index in [9.17, 15) is 4.79 Å². The molecule has 0 bridgehead atoms. The average molecular weight is 263 g/mol. The van der Waals surface area contributed by atoms with E-state index >= 15 is 0 Å². The van der Waals surface area contributed by atoms with Crippen molar-refractivity contribution in [3.8, 4) is 0 Å². The highest BCUT2D eigenvalue weighted by Gasteiger charge is 2.46. The van der Waals surface area contributed by atoms with Gasteiger partial charge in [-0.15, -0.1) is 0 Å². The number of esters is 1. The zero-order valence-electron chi connectivity index (χ0n) is 8.51. The van der Waals surface area contributed by atoms with Crippen molar-refractivity contribution in [3.05, 3.63) is 10.6 Å². The summed E-state index contributed by atoms with van der Waals surface area (Å²) in [6.07, 6.45) is 1.71. The molecule has 14 heavy (non-hydrogen) atoms. The summed E-state index contributed by atoms with van der Waals surface area (Å²) in [6, 6.07) is 0. The van der Waals surface area contributed by atoms with Crippen LogP contribution < -0.4 is 0 Å². The largest absolute Gasteiger partial charge is 0.468 e. The van der Waals surface area contributed by atoms with E-state index in [0.717, 1.165) is 18.4 Å². The van der Waals surface area contributed by atoms with E-state index in [1.165, 1.54) is 7.11 Å². The molecule has 3 nitrogen and oxygen atoms in total. The molecule has 1 fully saturated rings. The second kappa shape index (κ2) is 4.94. The first-order valence-corrected chi connectivity index (χ1v) is 5.58. The number of rotatable bonds is 3. The van der Waals surface area contributed by atoms with E-state index in [1.54, 1.807) is 4.99 Å².